The Balaban J connectivity index is 2.69. The Morgan fingerprint density at radius 2 is 2.00 bits per heavy atom. The fraction of sp³-hybridized carbons (Fsp3) is 0.545. The molecule has 0 saturated carbocycles. The monoisotopic (exact) mass is 205 g/mol. The second-order valence-electron chi connectivity index (χ2n) is 4.35. The van der Waals surface area contributed by atoms with Crippen LogP contribution in [0.15, 0.2) is 18.3 Å². The van der Waals surface area contributed by atoms with Gasteiger partial charge in [0.15, 0.2) is 5.52 Å². The quantitative estimate of drug-likeness (QED) is 0.702. The van der Waals surface area contributed by atoms with Crippen LogP contribution in [0.25, 0.3) is 11.2 Å². The van der Waals surface area contributed by atoms with Crippen molar-refractivity contribution in [1.29, 1.82) is 0 Å². The van der Waals surface area contributed by atoms with Crippen LogP contribution in [-0.4, -0.2) is 15.0 Å². The van der Waals surface area contributed by atoms with Gasteiger partial charge < -0.3 is 0 Å². The highest BCUT2D eigenvalue weighted by atomic mass is 15.5. The van der Waals surface area contributed by atoms with Crippen molar-refractivity contribution in [2.45, 2.75) is 39.8 Å². The maximum atomic E-state index is 4.24. The maximum Gasteiger partial charge on any atom is 0.378 e. The molecule has 0 aliphatic heterocycles. The van der Waals surface area contributed by atoms with Gasteiger partial charge >= 0.3 is 5.65 Å². The van der Waals surface area contributed by atoms with Crippen molar-refractivity contribution in [2.75, 3.05) is 0 Å². The summed E-state index contributed by atoms with van der Waals surface area (Å²) in [4.78, 5) is 0. The van der Waals surface area contributed by atoms with E-state index in [2.05, 4.69) is 48.6 Å². The van der Waals surface area contributed by atoms with Crippen LogP contribution in [0.1, 0.15) is 39.8 Å². The summed E-state index contributed by atoms with van der Waals surface area (Å²) in [5.74, 6) is 0. The summed E-state index contributed by atoms with van der Waals surface area (Å²) in [5.41, 5.74) is 2.06. The summed E-state index contributed by atoms with van der Waals surface area (Å²) in [7, 11) is 0. The number of hydrogen-bond donors (Lipinski definition) is 0. The van der Waals surface area contributed by atoms with E-state index in [9.17, 15) is 0 Å². The summed E-state index contributed by atoms with van der Waals surface area (Å²) in [6.45, 7) is 8.52. The molecule has 0 N–H and O–H groups in total. The van der Waals surface area contributed by atoms with Gasteiger partial charge in [0.2, 0.25) is 0 Å². The largest absolute Gasteiger partial charge is 0.378 e. The van der Waals surface area contributed by atoms with Gasteiger partial charge in [-0.1, -0.05) is 0 Å². The zero-order valence-corrected chi connectivity index (χ0v) is 9.68. The molecule has 0 bridgehead atoms. The Bertz CT molecular complexity index is 470. The van der Waals surface area contributed by atoms with Crippen molar-refractivity contribution in [3.63, 3.8) is 0 Å². The number of nitrogens with zero attached hydrogens (tertiary/aromatic N) is 4. The van der Waals surface area contributed by atoms with Crippen LogP contribution < -0.4 is 4.57 Å². The minimum absolute atomic E-state index is 0.345. The Morgan fingerprint density at radius 1 is 1.27 bits per heavy atom. The predicted molar refractivity (Wildman–Crippen MR) is 58.5 cm³/mol. The van der Waals surface area contributed by atoms with Gasteiger partial charge in [-0.2, -0.15) is 0 Å². The summed E-state index contributed by atoms with van der Waals surface area (Å²) in [6.07, 6.45) is 2.05. The lowest BCUT2D eigenvalue weighted by Gasteiger charge is -2.05. The van der Waals surface area contributed by atoms with E-state index in [1.807, 2.05) is 16.9 Å². The zero-order chi connectivity index (χ0) is 11.0. The molecule has 0 atom stereocenters. The molecule has 0 fully saturated rings. The highest BCUT2D eigenvalue weighted by Crippen LogP contribution is 2.12. The molecule has 0 amide bonds. The molecule has 0 aliphatic carbocycles. The maximum absolute atomic E-state index is 4.24. The van der Waals surface area contributed by atoms with Crippen molar-refractivity contribution < 1.29 is 4.57 Å². The highest BCUT2D eigenvalue weighted by Gasteiger charge is 2.19. The van der Waals surface area contributed by atoms with E-state index < -0.39 is 0 Å². The number of pyridine rings is 1. The van der Waals surface area contributed by atoms with Gasteiger partial charge in [-0.05, 0) is 39.8 Å². The lowest BCUT2D eigenvalue weighted by Crippen LogP contribution is -2.36. The Labute approximate surface area is 89.5 Å². The molecule has 0 spiro atoms. The van der Waals surface area contributed by atoms with E-state index in [0.29, 0.717) is 12.1 Å². The highest BCUT2D eigenvalue weighted by molar-refractivity contribution is 5.65. The van der Waals surface area contributed by atoms with Crippen LogP contribution in [0.5, 0.6) is 0 Å². The summed E-state index contributed by atoms with van der Waals surface area (Å²) >= 11 is 0. The van der Waals surface area contributed by atoms with Crippen LogP contribution in [0, 0.1) is 0 Å². The van der Waals surface area contributed by atoms with Gasteiger partial charge in [0.25, 0.3) is 0 Å². The first-order chi connectivity index (χ1) is 7.11. The topological polar surface area (TPSA) is 34.6 Å². The smallest absolute Gasteiger partial charge is 0.225 e. The lowest BCUT2D eigenvalue weighted by atomic mass is 10.3. The van der Waals surface area contributed by atoms with E-state index in [1.54, 1.807) is 0 Å². The van der Waals surface area contributed by atoms with E-state index in [0.717, 1.165) is 11.2 Å². The molecule has 0 saturated heterocycles. The Morgan fingerprint density at radius 3 is 2.60 bits per heavy atom. The van der Waals surface area contributed by atoms with Crippen molar-refractivity contribution in [3.05, 3.63) is 18.3 Å². The fourth-order valence-corrected chi connectivity index (χ4v) is 1.72. The predicted octanol–water partition coefficient (Wildman–Crippen LogP) is 1.88. The number of rotatable bonds is 2. The molecular formula is C11H17N4+. The van der Waals surface area contributed by atoms with Gasteiger partial charge in [-0.3, -0.25) is 0 Å². The lowest BCUT2D eigenvalue weighted by molar-refractivity contribution is -0.693. The van der Waals surface area contributed by atoms with E-state index in [4.69, 9.17) is 0 Å². The Kier molecular flexibility index (Phi) is 2.42. The second kappa shape index (κ2) is 3.61. The van der Waals surface area contributed by atoms with Crippen LogP contribution in [0.3, 0.4) is 0 Å². The van der Waals surface area contributed by atoms with Crippen molar-refractivity contribution >= 4 is 11.2 Å². The first kappa shape index (κ1) is 10.1. The molecule has 4 nitrogen and oxygen atoms in total. The SMILES string of the molecule is CC(C)n1nnc2c1ccc[n+]2C(C)C. The van der Waals surface area contributed by atoms with Crippen LogP contribution in [0.2, 0.25) is 0 Å². The van der Waals surface area contributed by atoms with Crippen molar-refractivity contribution in [2.24, 2.45) is 0 Å². The third-order valence-corrected chi connectivity index (χ3v) is 2.50. The first-order valence-corrected chi connectivity index (χ1v) is 5.36. The average Bonchev–Trinajstić information content (AvgIpc) is 2.59. The first-order valence-electron chi connectivity index (χ1n) is 5.36. The molecule has 0 aromatic carbocycles. The van der Waals surface area contributed by atoms with Gasteiger partial charge in [-0.15, -0.1) is 0 Å². The normalized spacial score (nSPS) is 11.9. The third-order valence-electron chi connectivity index (χ3n) is 2.50. The molecule has 0 unspecified atom stereocenters. The van der Waals surface area contributed by atoms with Gasteiger partial charge in [0.05, 0.1) is 23.5 Å². The average molecular weight is 205 g/mol. The molecule has 80 valence electrons. The number of fused-ring (bicyclic) bond motifs is 1. The summed E-state index contributed by atoms with van der Waals surface area (Å²) < 4.78 is 4.09. The van der Waals surface area contributed by atoms with Gasteiger partial charge in [0, 0.05) is 0 Å². The van der Waals surface area contributed by atoms with Gasteiger partial charge in [-0.25, -0.2) is 9.25 Å². The van der Waals surface area contributed by atoms with Crippen LogP contribution in [0.4, 0.5) is 0 Å². The summed E-state index contributed by atoms with van der Waals surface area (Å²) in [6, 6.07) is 4.86. The molecule has 0 aliphatic rings. The Hall–Kier alpha value is -1.45. The minimum atomic E-state index is 0.345. The summed E-state index contributed by atoms with van der Waals surface area (Å²) in [5, 5.41) is 8.42. The fourth-order valence-electron chi connectivity index (χ4n) is 1.72. The number of aromatic nitrogens is 4. The molecule has 2 heterocycles. The molecular weight excluding hydrogens is 188 g/mol. The molecule has 2 aromatic rings. The van der Waals surface area contributed by atoms with Crippen LogP contribution in [-0.2, 0) is 0 Å². The third kappa shape index (κ3) is 1.60. The van der Waals surface area contributed by atoms with E-state index in [-0.39, 0.29) is 0 Å². The van der Waals surface area contributed by atoms with Crippen molar-refractivity contribution in [3.8, 4) is 0 Å². The van der Waals surface area contributed by atoms with Crippen molar-refractivity contribution in [1.82, 2.24) is 15.0 Å². The van der Waals surface area contributed by atoms with E-state index in [1.165, 1.54) is 0 Å². The van der Waals surface area contributed by atoms with Gasteiger partial charge in [0.1, 0.15) is 5.10 Å². The standard InChI is InChI=1S/C11H17N4/c1-8(2)14-7-5-6-10-11(14)12-13-15(10)9(3)4/h5-9H,1-4H3/q+1. The number of hydrogen-bond acceptors (Lipinski definition) is 2. The van der Waals surface area contributed by atoms with Crippen LogP contribution >= 0.6 is 0 Å². The molecule has 2 rings (SSSR count). The minimum Gasteiger partial charge on any atom is -0.225 e. The van der Waals surface area contributed by atoms with E-state index >= 15 is 0 Å². The molecule has 4 heteroatoms. The molecule has 0 radical (unpaired) electrons. The molecule has 15 heavy (non-hydrogen) atoms. The second-order valence-corrected chi connectivity index (χ2v) is 4.35. The molecule has 2 aromatic heterocycles. The zero-order valence-electron chi connectivity index (χ0n) is 9.68.